The Labute approximate surface area is 126 Å². The fourth-order valence-electron chi connectivity index (χ4n) is 2.94. The molecule has 1 aliphatic rings. The van der Waals surface area contributed by atoms with E-state index < -0.39 is 10.0 Å². The lowest BCUT2D eigenvalue weighted by Gasteiger charge is -2.22. The summed E-state index contributed by atoms with van der Waals surface area (Å²) >= 11 is 0. The van der Waals surface area contributed by atoms with Gasteiger partial charge in [-0.25, -0.2) is 13.6 Å². The minimum Gasteiger partial charge on any atom is -0.339 e. The van der Waals surface area contributed by atoms with Crippen molar-refractivity contribution in [1.29, 1.82) is 0 Å². The number of nitrogens with two attached hydrogens (primary N) is 1. The maximum absolute atomic E-state index is 12.6. The van der Waals surface area contributed by atoms with Crippen molar-refractivity contribution in [1.82, 2.24) is 9.47 Å². The normalized spacial score (nSPS) is 16.3. The Morgan fingerprint density at radius 2 is 1.90 bits per heavy atom. The third kappa shape index (κ3) is 3.29. The third-order valence-corrected chi connectivity index (χ3v) is 5.02. The molecular formula is C14H23N3O3S. The number of aromatic nitrogens is 1. The van der Waals surface area contributed by atoms with Gasteiger partial charge in [-0.15, -0.1) is 0 Å². The fraction of sp³-hybridized carbons (Fsp3) is 0.643. The highest BCUT2D eigenvalue weighted by Gasteiger charge is 2.27. The second-order valence-corrected chi connectivity index (χ2v) is 6.99. The van der Waals surface area contributed by atoms with Gasteiger partial charge in [0, 0.05) is 25.3 Å². The molecule has 0 unspecified atom stereocenters. The zero-order valence-corrected chi connectivity index (χ0v) is 13.4. The first-order valence-electron chi connectivity index (χ1n) is 7.42. The number of hydrogen-bond donors (Lipinski definition) is 1. The zero-order chi connectivity index (χ0) is 15.6. The van der Waals surface area contributed by atoms with Crippen molar-refractivity contribution in [2.45, 2.75) is 50.5 Å². The smallest absolute Gasteiger partial charge is 0.270 e. The van der Waals surface area contributed by atoms with Crippen LogP contribution in [0.4, 0.5) is 0 Å². The van der Waals surface area contributed by atoms with Crippen molar-refractivity contribution in [3.05, 3.63) is 18.0 Å². The average Bonchev–Trinajstić information content (AvgIpc) is 3.08. The second-order valence-electron chi connectivity index (χ2n) is 5.43. The molecule has 0 aromatic carbocycles. The molecule has 0 bridgehead atoms. The molecule has 0 radical (unpaired) electrons. The van der Waals surface area contributed by atoms with Gasteiger partial charge >= 0.3 is 0 Å². The molecule has 0 aliphatic heterocycles. The molecule has 1 aliphatic carbocycles. The Morgan fingerprint density at radius 3 is 2.38 bits per heavy atom. The van der Waals surface area contributed by atoms with Gasteiger partial charge < -0.3 is 9.47 Å². The lowest BCUT2D eigenvalue weighted by Crippen LogP contribution is -2.32. The van der Waals surface area contributed by atoms with E-state index in [-0.39, 0.29) is 16.8 Å². The maximum atomic E-state index is 12.6. The van der Waals surface area contributed by atoms with Gasteiger partial charge in [-0.3, -0.25) is 4.79 Å². The van der Waals surface area contributed by atoms with Crippen molar-refractivity contribution < 1.29 is 13.2 Å². The van der Waals surface area contributed by atoms with Crippen LogP contribution in [0, 0.1) is 0 Å². The van der Waals surface area contributed by atoms with Crippen LogP contribution in [-0.2, 0) is 10.0 Å². The summed E-state index contributed by atoms with van der Waals surface area (Å²) in [6.07, 6.45) is 5.66. The summed E-state index contributed by atoms with van der Waals surface area (Å²) in [6.45, 7) is 5.00. The first-order valence-corrected chi connectivity index (χ1v) is 8.97. The Kier molecular flexibility index (Phi) is 4.73. The van der Waals surface area contributed by atoms with Crippen molar-refractivity contribution in [2.75, 3.05) is 13.1 Å². The molecule has 7 heteroatoms. The molecule has 21 heavy (non-hydrogen) atoms. The van der Waals surface area contributed by atoms with E-state index in [1.807, 2.05) is 18.4 Å². The summed E-state index contributed by atoms with van der Waals surface area (Å²) in [6, 6.07) is 1.60. The van der Waals surface area contributed by atoms with Gasteiger partial charge in [0.15, 0.2) is 0 Å². The lowest BCUT2D eigenvalue weighted by molar-refractivity contribution is 0.0760. The largest absolute Gasteiger partial charge is 0.339 e. The molecule has 0 saturated heterocycles. The van der Waals surface area contributed by atoms with Crippen LogP contribution in [0.1, 0.15) is 56.1 Å². The highest BCUT2D eigenvalue weighted by molar-refractivity contribution is 7.89. The first kappa shape index (κ1) is 16.0. The van der Waals surface area contributed by atoms with Crippen LogP contribution in [0.15, 0.2) is 17.2 Å². The van der Waals surface area contributed by atoms with E-state index >= 15 is 0 Å². The number of amides is 1. The molecular weight excluding hydrogens is 290 g/mol. The van der Waals surface area contributed by atoms with Gasteiger partial charge in [-0.2, -0.15) is 0 Å². The third-order valence-electron chi connectivity index (χ3n) is 4.14. The maximum Gasteiger partial charge on any atom is 0.270 e. The zero-order valence-electron chi connectivity index (χ0n) is 12.6. The second kappa shape index (κ2) is 6.19. The van der Waals surface area contributed by atoms with Gasteiger partial charge in [0.25, 0.3) is 5.91 Å². The van der Waals surface area contributed by atoms with Crippen molar-refractivity contribution in [3.63, 3.8) is 0 Å². The van der Waals surface area contributed by atoms with Crippen LogP contribution >= 0.6 is 0 Å². The van der Waals surface area contributed by atoms with E-state index in [2.05, 4.69) is 0 Å². The standard InChI is InChI=1S/C14H23N3O3S/c1-3-16(4-2)14(18)13-9-12(21(15,19)20)10-17(13)11-7-5-6-8-11/h9-11H,3-8H2,1-2H3,(H2,15,19,20). The minimum atomic E-state index is -3.80. The fourth-order valence-corrected chi connectivity index (χ4v) is 3.47. The van der Waals surface area contributed by atoms with Gasteiger partial charge in [0.05, 0.1) is 0 Å². The van der Waals surface area contributed by atoms with E-state index in [1.165, 1.54) is 12.3 Å². The van der Waals surface area contributed by atoms with Crippen LogP contribution in [0.2, 0.25) is 0 Å². The molecule has 1 aromatic rings. The van der Waals surface area contributed by atoms with E-state index in [9.17, 15) is 13.2 Å². The predicted molar refractivity (Wildman–Crippen MR) is 80.6 cm³/mol. The molecule has 1 saturated carbocycles. The van der Waals surface area contributed by atoms with Crippen LogP contribution in [-0.4, -0.2) is 36.9 Å². The number of carbonyl (C=O) groups is 1. The molecule has 1 fully saturated rings. The van der Waals surface area contributed by atoms with Crippen LogP contribution in [0.3, 0.4) is 0 Å². The molecule has 2 N–H and O–H groups in total. The number of rotatable bonds is 5. The quantitative estimate of drug-likeness (QED) is 0.898. The molecule has 0 spiro atoms. The monoisotopic (exact) mass is 313 g/mol. The summed E-state index contributed by atoms with van der Waals surface area (Å²) in [5.41, 5.74) is 0.426. The Balaban J connectivity index is 2.46. The summed E-state index contributed by atoms with van der Waals surface area (Å²) in [7, 11) is -3.80. The van der Waals surface area contributed by atoms with Gasteiger partial charge in [0.2, 0.25) is 10.0 Å². The molecule has 1 heterocycles. The van der Waals surface area contributed by atoms with Crippen molar-refractivity contribution >= 4 is 15.9 Å². The number of hydrogen-bond acceptors (Lipinski definition) is 3. The number of sulfonamides is 1. The first-order chi connectivity index (χ1) is 9.88. The summed E-state index contributed by atoms with van der Waals surface area (Å²) in [4.78, 5) is 14.3. The molecule has 118 valence electrons. The Hall–Kier alpha value is -1.34. The highest BCUT2D eigenvalue weighted by Crippen LogP contribution is 2.32. The molecule has 2 rings (SSSR count). The van der Waals surface area contributed by atoms with Crippen LogP contribution in [0.5, 0.6) is 0 Å². The number of primary sulfonamides is 1. The van der Waals surface area contributed by atoms with Crippen LogP contribution in [0.25, 0.3) is 0 Å². The van der Waals surface area contributed by atoms with E-state index in [4.69, 9.17) is 5.14 Å². The van der Waals surface area contributed by atoms with Gasteiger partial charge in [-0.1, -0.05) is 12.8 Å². The van der Waals surface area contributed by atoms with Crippen molar-refractivity contribution in [2.24, 2.45) is 5.14 Å². The molecule has 0 atom stereocenters. The van der Waals surface area contributed by atoms with Gasteiger partial charge in [-0.05, 0) is 32.8 Å². The van der Waals surface area contributed by atoms with Crippen LogP contribution < -0.4 is 5.14 Å². The van der Waals surface area contributed by atoms with E-state index in [0.29, 0.717) is 18.8 Å². The Bertz CT molecular complexity index is 611. The topological polar surface area (TPSA) is 85.4 Å². The molecule has 1 amide bonds. The molecule has 1 aromatic heterocycles. The number of nitrogens with zero attached hydrogens (tertiary/aromatic N) is 2. The summed E-state index contributed by atoms with van der Waals surface area (Å²) in [5, 5.41) is 5.21. The molecule has 6 nitrogen and oxygen atoms in total. The van der Waals surface area contributed by atoms with E-state index in [0.717, 1.165) is 25.7 Å². The van der Waals surface area contributed by atoms with Gasteiger partial charge in [0.1, 0.15) is 10.6 Å². The van der Waals surface area contributed by atoms with Crippen molar-refractivity contribution in [3.8, 4) is 0 Å². The summed E-state index contributed by atoms with van der Waals surface area (Å²) in [5.74, 6) is -0.137. The minimum absolute atomic E-state index is 0.0184. The SMILES string of the molecule is CCN(CC)C(=O)c1cc(S(N)(=O)=O)cn1C1CCCC1. The Morgan fingerprint density at radius 1 is 1.33 bits per heavy atom. The summed E-state index contributed by atoms with van der Waals surface area (Å²) < 4.78 is 25.0. The highest BCUT2D eigenvalue weighted by atomic mass is 32.2. The van der Waals surface area contributed by atoms with E-state index in [1.54, 1.807) is 4.90 Å². The number of carbonyl (C=O) groups excluding carboxylic acids is 1. The lowest BCUT2D eigenvalue weighted by atomic mass is 10.2. The predicted octanol–water partition coefficient (Wildman–Crippen LogP) is 1.73. The average molecular weight is 313 g/mol.